The van der Waals surface area contributed by atoms with Crippen molar-refractivity contribution in [3.05, 3.63) is 47.5 Å². The first kappa shape index (κ1) is 14.0. The van der Waals surface area contributed by atoms with Crippen LogP contribution in [0.3, 0.4) is 0 Å². The van der Waals surface area contributed by atoms with E-state index in [-0.39, 0.29) is 6.61 Å². The van der Waals surface area contributed by atoms with Gasteiger partial charge in [0.25, 0.3) is 0 Å². The molecule has 96 valence electrons. The van der Waals surface area contributed by atoms with E-state index >= 15 is 0 Å². The summed E-state index contributed by atoms with van der Waals surface area (Å²) >= 11 is 0. The zero-order valence-electron chi connectivity index (χ0n) is 10.4. The van der Waals surface area contributed by atoms with Crippen molar-refractivity contribution in [3.63, 3.8) is 0 Å². The summed E-state index contributed by atoms with van der Waals surface area (Å²) in [7, 11) is 0. The standard InChI is InChI=1S/C14H16O4/c1-3-18-14(17)10(2)9-12(13(15)16)11-7-5-4-6-8-11/h4-9,12H,3H2,1-2H3,(H,15,16). The molecule has 0 heterocycles. The Morgan fingerprint density at radius 3 is 2.44 bits per heavy atom. The van der Waals surface area contributed by atoms with Crippen LogP contribution in [0, 0.1) is 0 Å². The lowest BCUT2D eigenvalue weighted by molar-refractivity contribution is -0.138. The van der Waals surface area contributed by atoms with E-state index in [0.29, 0.717) is 11.1 Å². The quantitative estimate of drug-likeness (QED) is 0.641. The number of hydrogen-bond acceptors (Lipinski definition) is 3. The lowest BCUT2D eigenvalue weighted by atomic mass is 9.97. The smallest absolute Gasteiger partial charge is 0.333 e. The second-order valence-electron chi connectivity index (χ2n) is 3.80. The fraction of sp³-hybridized carbons (Fsp3) is 0.286. The maximum atomic E-state index is 11.4. The number of benzene rings is 1. The first-order chi connectivity index (χ1) is 8.56. The van der Waals surface area contributed by atoms with Crippen molar-refractivity contribution < 1.29 is 19.4 Å². The molecule has 0 saturated carbocycles. The normalized spacial score (nSPS) is 12.9. The maximum absolute atomic E-state index is 11.4. The summed E-state index contributed by atoms with van der Waals surface area (Å²) in [5, 5.41) is 9.19. The summed E-state index contributed by atoms with van der Waals surface area (Å²) in [4.78, 5) is 22.7. The molecule has 0 amide bonds. The average Bonchev–Trinajstić information content (AvgIpc) is 2.36. The van der Waals surface area contributed by atoms with E-state index in [2.05, 4.69) is 0 Å². The Balaban J connectivity index is 2.98. The molecule has 0 saturated heterocycles. The zero-order valence-corrected chi connectivity index (χ0v) is 10.4. The second-order valence-corrected chi connectivity index (χ2v) is 3.80. The van der Waals surface area contributed by atoms with E-state index in [0.717, 1.165) is 0 Å². The van der Waals surface area contributed by atoms with Gasteiger partial charge in [-0.1, -0.05) is 36.4 Å². The van der Waals surface area contributed by atoms with Crippen LogP contribution in [0.2, 0.25) is 0 Å². The van der Waals surface area contributed by atoms with Crippen LogP contribution in [0.25, 0.3) is 0 Å². The topological polar surface area (TPSA) is 63.6 Å². The number of carbonyl (C=O) groups is 2. The van der Waals surface area contributed by atoms with Crippen molar-refractivity contribution in [2.24, 2.45) is 0 Å². The summed E-state index contributed by atoms with van der Waals surface area (Å²) in [6, 6.07) is 8.77. The molecule has 4 heteroatoms. The Morgan fingerprint density at radius 2 is 1.94 bits per heavy atom. The van der Waals surface area contributed by atoms with Crippen LogP contribution < -0.4 is 0 Å². The molecule has 0 spiro atoms. The van der Waals surface area contributed by atoms with Gasteiger partial charge in [0, 0.05) is 5.57 Å². The molecular formula is C14H16O4. The van der Waals surface area contributed by atoms with Crippen molar-refractivity contribution in [2.45, 2.75) is 19.8 Å². The van der Waals surface area contributed by atoms with Gasteiger partial charge in [0.15, 0.2) is 0 Å². The molecule has 0 radical (unpaired) electrons. The van der Waals surface area contributed by atoms with Gasteiger partial charge in [-0.2, -0.15) is 0 Å². The highest BCUT2D eigenvalue weighted by Crippen LogP contribution is 2.19. The average molecular weight is 248 g/mol. The maximum Gasteiger partial charge on any atom is 0.333 e. The molecule has 4 nitrogen and oxygen atoms in total. The lowest BCUT2D eigenvalue weighted by Crippen LogP contribution is -2.12. The van der Waals surface area contributed by atoms with Crippen molar-refractivity contribution in [2.75, 3.05) is 6.61 Å². The number of carbonyl (C=O) groups excluding carboxylic acids is 1. The lowest BCUT2D eigenvalue weighted by Gasteiger charge is -2.09. The Labute approximate surface area is 106 Å². The zero-order chi connectivity index (χ0) is 13.5. The summed E-state index contributed by atoms with van der Waals surface area (Å²) in [5.41, 5.74) is 0.932. The van der Waals surface area contributed by atoms with Crippen LogP contribution in [0.15, 0.2) is 42.0 Å². The third-order valence-electron chi connectivity index (χ3n) is 2.44. The molecule has 0 fully saturated rings. The molecule has 0 aliphatic carbocycles. The third kappa shape index (κ3) is 3.73. The fourth-order valence-corrected chi connectivity index (χ4v) is 1.53. The number of ether oxygens (including phenoxy) is 1. The van der Waals surface area contributed by atoms with Crippen molar-refractivity contribution in [1.29, 1.82) is 0 Å². The summed E-state index contributed by atoms with van der Waals surface area (Å²) in [6.45, 7) is 3.53. The van der Waals surface area contributed by atoms with E-state index < -0.39 is 17.9 Å². The van der Waals surface area contributed by atoms with Crippen LogP contribution in [0.4, 0.5) is 0 Å². The molecule has 1 atom stereocenters. The number of rotatable bonds is 5. The van der Waals surface area contributed by atoms with Crippen LogP contribution >= 0.6 is 0 Å². The van der Waals surface area contributed by atoms with Gasteiger partial charge < -0.3 is 9.84 Å². The first-order valence-electron chi connectivity index (χ1n) is 5.69. The summed E-state index contributed by atoms with van der Waals surface area (Å²) in [6.07, 6.45) is 1.41. The van der Waals surface area contributed by atoms with Gasteiger partial charge in [0.2, 0.25) is 0 Å². The third-order valence-corrected chi connectivity index (χ3v) is 2.44. The van der Waals surface area contributed by atoms with E-state index in [1.807, 2.05) is 6.07 Å². The van der Waals surface area contributed by atoms with Crippen molar-refractivity contribution in [3.8, 4) is 0 Å². The van der Waals surface area contributed by atoms with Crippen LogP contribution in [0.5, 0.6) is 0 Å². The Bertz CT molecular complexity index is 448. The van der Waals surface area contributed by atoms with Gasteiger partial charge >= 0.3 is 11.9 Å². The number of aliphatic carboxylic acids is 1. The molecule has 1 aromatic rings. The molecule has 0 aliphatic heterocycles. The van der Waals surface area contributed by atoms with Gasteiger partial charge in [-0.3, -0.25) is 4.79 Å². The number of hydrogen-bond donors (Lipinski definition) is 1. The highest BCUT2D eigenvalue weighted by molar-refractivity contribution is 5.90. The molecule has 0 bridgehead atoms. The van der Waals surface area contributed by atoms with Gasteiger partial charge in [-0.25, -0.2) is 4.79 Å². The molecule has 0 aliphatic rings. The van der Waals surface area contributed by atoms with Crippen LogP contribution in [-0.2, 0) is 14.3 Å². The molecular weight excluding hydrogens is 232 g/mol. The largest absolute Gasteiger partial charge is 0.481 e. The van der Waals surface area contributed by atoms with Gasteiger partial charge in [0.05, 0.1) is 6.61 Å². The van der Waals surface area contributed by atoms with Crippen molar-refractivity contribution >= 4 is 11.9 Å². The molecule has 1 unspecified atom stereocenters. The fourth-order valence-electron chi connectivity index (χ4n) is 1.53. The predicted octanol–water partition coefficient (Wildman–Crippen LogP) is 2.36. The van der Waals surface area contributed by atoms with E-state index in [4.69, 9.17) is 4.74 Å². The highest BCUT2D eigenvalue weighted by Gasteiger charge is 2.18. The first-order valence-corrected chi connectivity index (χ1v) is 5.69. The van der Waals surface area contributed by atoms with E-state index in [1.54, 1.807) is 38.1 Å². The minimum Gasteiger partial charge on any atom is -0.481 e. The Morgan fingerprint density at radius 1 is 1.33 bits per heavy atom. The predicted molar refractivity (Wildman–Crippen MR) is 67.2 cm³/mol. The molecule has 0 aromatic heterocycles. The number of carboxylic acid groups (broad SMARTS) is 1. The van der Waals surface area contributed by atoms with Crippen LogP contribution in [0.1, 0.15) is 25.3 Å². The monoisotopic (exact) mass is 248 g/mol. The second kappa shape index (κ2) is 6.59. The van der Waals surface area contributed by atoms with E-state index in [1.165, 1.54) is 6.08 Å². The minimum absolute atomic E-state index is 0.271. The molecule has 1 rings (SSSR count). The number of carboxylic acids is 1. The molecule has 18 heavy (non-hydrogen) atoms. The van der Waals surface area contributed by atoms with Gasteiger partial charge in [0.1, 0.15) is 5.92 Å². The van der Waals surface area contributed by atoms with Crippen molar-refractivity contribution in [1.82, 2.24) is 0 Å². The van der Waals surface area contributed by atoms with Gasteiger partial charge in [-0.05, 0) is 19.4 Å². The summed E-state index contributed by atoms with van der Waals surface area (Å²) < 4.78 is 4.82. The van der Waals surface area contributed by atoms with E-state index in [9.17, 15) is 14.7 Å². The molecule has 1 N–H and O–H groups in total. The SMILES string of the molecule is CCOC(=O)C(C)=CC(C(=O)O)c1ccccc1. The van der Waals surface area contributed by atoms with Crippen LogP contribution in [-0.4, -0.2) is 23.7 Å². The Kier molecular flexibility index (Phi) is 5.11. The number of esters is 1. The van der Waals surface area contributed by atoms with Gasteiger partial charge in [-0.15, -0.1) is 0 Å². The highest BCUT2D eigenvalue weighted by atomic mass is 16.5. The molecule has 1 aromatic carbocycles. The Hall–Kier alpha value is -2.10. The minimum atomic E-state index is -0.996. The summed E-state index contributed by atoms with van der Waals surface area (Å²) in [5.74, 6) is -2.32.